The van der Waals surface area contributed by atoms with E-state index in [0.717, 1.165) is 62.0 Å². The molecule has 2 atom stereocenters. The van der Waals surface area contributed by atoms with E-state index in [1.807, 2.05) is 146 Å². The van der Waals surface area contributed by atoms with E-state index in [4.69, 9.17) is 24.7 Å². The first kappa shape index (κ1) is 31.5. The third kappa shape index (κ3) is 6.91. The van der Waals surface area contributed by atoms with Crippen LogP contribution in [-0.4, -0.2) is 21.5 Å². The first-order chi connectivity index (χ1) is 25.2. The molecule has 244 valence electrons. The predicted molar refractivity (Wildman–Crippen MR) is 207 cm³/mol. The van der Waals surface area contributed by atoms with Gasteiger partial charge in [-0.15, -0.1) is 6.58 Å². The second-order valence-electron chi connectivity index (χ2n) is 12.3. The Hall–Kier alpha value is -6.72. The molecule has 7 aromatic rings. The van der Waals surface area contributed by atoms with Crippen molar-refractivity contribution < 1.29 is 4.74 Å². The van der Waals surface area contributed by atoms with Crippen LogP contribution in [0.1, 0.15) is 22.7 Å². The minimum atomic E-state index is -0.187. The van der Waals surface area contributed by atoms with Crippen LogP contribution in [0, 0.1) is 5.92 Å². The quantitative estimate of drug-likeness (QED) is 0.145. The second-order valence-corrected chi connectivity index (χ2v) is 12.3. The highest BCUT2D eigenvalue weighted by molar-refractivity contribution is 6.15. The van der Waals surface area contributed by atoms with Crippen molar-refractivity contribution in [3.05, 3.63) is 205 Å². The Morgan fingerprint density at radius 3 is 1.51 bits per heavy atom. The molecule has 0 spiro atoms. The van der Waals surface area contributed by atoms with E-state index < -0.39 is 0 Å². The lowest BCUT2D eigenvalue weighted by molar-refractivity contribution is 0.482. The first-order valence-electron chi connectivity index (χ1n) is 17.0. The summed E-state index contributed by atoms with van der Waals surface area (Å²) in [4.78, 5) is 20.1. The molecular formula is C46H34N4O. The molecule has 1 aliphatic heterocycles. The average molecular weight is 659 g/mol. The molecular weight excluding hydrogens is 625 g/mol. The summed E-state index contributed by atoms with van der Waals surface area (Å²) in [6.45, 7) is 4.19. The van der Waals surface area contributed by atoms with Crippen LogP contribution in [0.2, 0.25) is 0 Å². The topological polar surface area (TPSA) is 59.7 Å². The maximum atomic E-state index is 6.32. The van der Waals surface area contributed by atoms with Crippen molar-refractivity contribution in [2.24, 2.45) is 15.9 Å². The lowest BCUT2D eigenvalue weighted by Crippen LogP contribution is -2.27. The third-order valence-corrected chi connectivity index (χ3v) is 8.93. The Morgan fingerprint density at radius 1 is 0.490 bits per heavy atom. The maximum Gasteiger partial charge on any atom is 0.160 e. The van der Waals surface area contributed by atoms with Gasteiger partial charge in [-0.2, -0.15) is 0 Å². The highest BCUT2D eigenvalue weighted by Gasteiger charge is 2.31. The molecule has 5 nitrogen and oxygen atoms in total. The van der Waals surface area contributed by atoms with E-state index in [-0.39, 0.29) is 12.0 Å². The van der Waals surface area contributed by atoms with Crippen LogP contribution in [0.4, 0.5) is 0 Å². The largest absolute Gasteiger partial charge is 0.457 e. The van der Waals surface area contributed by atoms with Gasteiger partial charge < -0.3 is 4.74 Å². The van der Waals surface area contributed by atoms with E-state index in [9.17, 15) is 0 Å². The fourth-order valence-electron chi connectivity index (χ4n) is 6.32. The molecule has 0 radical (unpaired) electrons. The molecule has 1 aromatic heterocycles. The maximum absolute atomic E-state index is 6.32. The molecule has 0 amide bonds. The van der Waals surface area contributed by atoms with Crippen LogP contribution in [0.25, 0.3) is 33.9 Å². The number of amidine groups is 1. The third-order valence-electron chi connectivity index (χ3n) is 8.93. The Kier molecular flexibility index (Phi) is 8.91. The molecule has 0 saturated heterocycles. The van der Waals surface area contributed by atoms with Crippen LogP contribution >= 0.6 is 0 Å². The van der Waals surface area contributed by atoms with Crippen LogP contribution < -0.4 is 4.74 Å². The van der Waals surface area contributed by atoms with Gasteiger partial charge in [0.1, 0.15) is 11.5 Å². The van der Waals surface area contributed by atoms with Crippen LogP contribution in [-0.2, 0) is 0 Å². The molecule has 6 aromatic carbocycles. The van der Waals surface area contributed by atoms with Crippen molar-refractivity contribution in [2.45, 2.75) is 6.04 Å². The summed E-state index contributed by atoms with van der Waals surface area (Å²) in [7, 11) is 0. The average Bonchev–Trinajstić information content (AvgIpc) is 3.22. The number of hydrogen-bond donors (Lipinski definition) is 0. The molecule has 0 fully saturated rings. The minimum Gasteiger partial charge on any atom is -0.457 e. The zero-order valence-electron chi connectivity index (χ0n) is 27.9. The van der Waals surface area contributed by atoms with Gasteiger partial charge in [0.25, 0.3) is 0 Å². The Balaban J connectivity index is 1.05. The van der Waals surface area contributed by atoms with Crippen molar-refractivity contribution in [1.82, 2.24) is 9.97 Å². The zero-order valence-corrected chi connectivity index (χ0v) is 27.9. The number of nitrogens with zero attached hydrogens (tertiary/aromatic N) is 4. The first-order valence-corrected chi connectivity index (χ1v) is 17.0. The van der Waals surface area contributed by atoms with Gasteiger partial charge in [-0.1, -0.05) is 140 Å². The van der Waals surface area contributed by atoms with Gasteiger partial charge in [0, 0.05) is 28.2 Å². The normalized spacial score (nSPS) is 15.4. The van der Waals surface area contributed by atoms with Crippen molar-refractivity contribution in [1.29, 1.82) is 0 Å². The number of rotatable bonds is 9. The highest BCUT2D eigenvalue weighted by atomic mass is 16.5. The monoisotopic (exact) mass is 658 g/mol. The Morgan fingerprint density at radius 2 is 0.961 bits per heavy atom. The van der Waals surface area contributed by atoms with Crippen LogP contribution in [0.15, 0.2) is 199 Å². The minimum absolute atomic E-state index is 0.0919. The van der Waals surface area contributed by atoms with Gasteiger partial charge in [0.15, 0.2) is 11.7 Å². The number of aromatic nitrogens is 2. The van der Waals surface area contributed by atoms with Crippen LogP contribution in [0.3, 0.4) is 0 Å². The van der Waals surface area contributed by atoms with Gasteiger partial charge >= 0.3 is 0 Å². The summed E-state index contributed by atoms with van der Waals surface area (Å²) in [6.07, 6.45) is 1.96. The van der Waals surface area contributed by atoms with Crippen molar-refractivity contribution >= 4 is 11.5 Å². The van der Waals surface area contributed by atoms with Gasteiger partial charge in [0.2, 0.25) is 0 Å². The van der Waals surface area contributed by atoms with Crippen molar-refractivity contribution in [2.75, 3.05) is 0 Å². The number of aliphatic imine (C=N–C) groups is 2. The summed E-state index contributed by atoms with van der Waals surface area (Å²) in [5.41, 5.74) is 8.77. The lowest BCUT2D eigenvalue weighted by atomic mass is 9.85. The smallest absolute Gasteiger partial charge is 0.160 e. The molecule has 2 heterocycles. The second kappa shape index (κ2) is 14.4. The van der Waals surface area contributed by atoms with Gasteiger partial charge in [-0.3, -0.25) is 4.99 Å². The van der Waals surface area contributed by atoms with Crippen LogP contribution in [0.5, 0.6) is 11.5 Å². The van der Waals surface area contributed by atoms with Crippen molar-refractivity contribution in [3.8, 4) is 45.4 Å². The summed E-state index contributed by atoms with van der Waals surface area (Å²) >= 11 is 0. The molecule has 51 heavy (non-hydrogen) atoms. The molecule has 0 N–H and O–H groups in total. The number of hydrogen-bond acceptors (Lipinski definition) is 5. The number of ether oxygens (including phenoxy) is 1. The molecule has 1 aliphatic rings. The molecule has 0 saturated carbocycles. The Bertz CT molecular complexity index is 2260. The zero-order chi connectivity index (χ0) is 34.4. The van der Waals surface area contributed by atoms with Crippen molar-refractivity contribution in [3.63, 3.8) is 0 Å². The lowest BCUT2D eigenvalue weighted by Gasteiger charge is -2.28. The standard InChI is InChI=1S/C46H34N4O/c1-2-40-43(34-17-9-4-10-18-34)49-46(37-21-13-6-14-22-37)50-44(40)35-25-29-39(30-26-35)51-38-27-23-33(24-28-38)42-31-41(32-15-7-3-8-16-32)47-45(48-42)36-19-11-5-12-20-36/h2-31,40,44H,1H2. The Labute approximate surface area is 298 Å². The van der Waals surface area contributed by atoms with E-state index in [2.05, 4.69) is 43.0 Å². The van der Waals surface area contributed by atoms with E-state index in [1.54, 1.807) is 0 Å². The fraction of sp³-hybridized carbons (Fsp3) is 0.0435. The molecule has 5 heteroatoms. The molecule has 0 bridgehead atoms. The highest BCUT2D eigenvalue weighted by Crippen LogP contribution is 2.36. The van der Waals surface area contributed by atoms with Gasteiger partial charge in [0.05, 0.1) is 23.1 Å². The molecule has 0 aliphatic carbocycles. The SMILES string of the molecule is C=CC1C(c2ccccc2)=NC(c2ccccc2)=NC1c1ccc(Oc2ccc(-c3cc(-c4ccccc4)nc(-c4ccccc4)n3)cc2)cc1. The predicted octanol–water partition coefficient (Wildman–Crippen LogP) is 11.1. The van der Waals surface area contributed by atoms with E-state index >= 15 is 0 Å². The summed E-state index contributed by atoms with van der Waals surface area (Å²) in [5.74, 6) is 2.78. The molecule has 8 rings (SSSR count). The fourth-order valence-corrected chi connectivity index (χ4v) is 6.32. The molecule has 2 unspecified atom stereocenters. The van der Waals surface area contributed by atoms with E-state index in [1.165, 1.54) is 0 Å². The van der Waals surface area contributed by atoms with Gasteiger partial charge in [-0.25, -0.2) is 15.0 Å². The summed E-state index contributed by atoms with van der Waals surface area (Å²) < 4.78 is 6.32. The van der Waals surface area contributed by atoms with E-state index in [0.29, 0.717) is 11.7 Å². The number of benzene rings is 6. The summed E-state index contributed by atoms with van der Waals surface area (Å²) in [5, 5.41) is 0. The van der Waals surface area contributed by atoms with Gasteiger partial charge in [-0.05, 0) is 53.6 Å². The summed E-state index contributed by atoms with van der Waals surface area (Å²) in [6, 6.07) is 58.7.